The molecule has 1 aromatic rings. The van der Waals surface area contributed by atoms with Crippen molar-refractivity contribution in [1.29, 1.82) is 0 Å². The van der Waals surface area contributed by atoms with Crippen molar-refractivity contribution in [2.45, 2.75) is 11.5 Å². The molecule has 0 radical (unpaired) electrons. The highest BCUT2D eigenvalue weighted by atomic mass is 32.2. The van der Waals surface area contributed by atoms with Crippen molar-refractivity contribution in [3.05, 3.63) is 17.6 Å². The molecule has 0 atom stereocenters. The van der Waals surface area contributed by atoms with Gasteiger partial charge in [-0.05, 0) is 0 Å². The van der Waals surface area contributed by atoms with Gasteiger partial charge in [0.1, 0.15) is 0 Å². The SMILES string of the molecule is Nc1c(C(F)F)cc(F)nc1S(N)(=O)=O. The molecular formula is C6H6F3N3O2S. The van der Waals surface area contributed by atoms with Crippen molar-refractivity contribution in [3.8, 4) is 0 Å². The van der Waals surface area contributed by atoms with Crippen molar-refractivity contribution in [2.75, 3.05) is 5.73 Å². The first kappa shape index (κ1) is 11.7. The summed E-state index contributed by atoms with van der Waals surface area (Å²) in [6, 6.07) is 0.356. The van der Waals surface area contributed by atoms with E-state index in [9.17, 15) is 21.6 Å². The average Bonchev–Trinajstić information content (AvgIpc) is 2.06. The molecule has 0 unspecified atom stereocenters. The van der Waals surface area contributed by atoms with E-state index in [0.717, 1.165) is 0 Å². The third-order valence-electron chi connectivity index (χ3n) is 1.53. The van der Waals surface area contributed by atoms with Gasteiger partial charge >= 0.3 is 0 Å². The van der Waals surface area contributed by atoms with Crippen molar-refractivity contribution in [2.24, 2.45) is 5.14 Å². The van der Waals surface area contributed by atoms with Crippen LogP contribution in [0.15, 0.2) is 11.1 Å². The maximum atomic E-state index is 12.7. The Morgan fingerprint density at radius 2 is 1.93 bits per heavy atom. The molecule has 1 heterocycles. The van der Waals surface area contributed by atoms with Crippen LogP contribution in [0, 0.1) is 5.95 Å². The summed E-state index contributed by atoms with van der Waals surface area (Å²) >= 11 is 0. The first-order valence-electron chi connectivity index (χ1n) is 3.50. The Kier molecular flexibility index (Phi) is 2.86. The Bertz CT molecular complexity index is 489. The third kappa shape index (κ3) is 2.36. The number of hydrogen-bond donors (Lipinski definition) is 2. The van der Waals surface area contributed by atoms with Crippen LogP contribution in [0.2, 0.25) is 0 Å². The van der Waals surface area contributed by atoms with Crippen LogP contribution in [0.1, 0.15) is 12.0 Å². The van der Waals surface area contributed by atoms with Crippen LogP contribution in [0.5, 0.6) is 0 Å². The number of pyridine rings is 1. The average molecular weight is 241 g/mol. The standard InChI is InChI=1S/C6H6F3N3O2S/c7-3-1-2(5(8)9)4(10)6(12-3)15(11,13)14/h1,5H,10H2,(H2,11,13,14). The van der Waals surface area contributed by atoms with Crippen LogP contribution < -0.4 is 10.9 Å². The Hall–Kier alpha value is -1.35. The van der Waals surface area contributed by atoms with Gasteiger partial charge in [0.05, 0.1) is 5.69 Å². The van der Waals surface area contributed by atoms with Gasteiger partial charge in [-0.3, -0.25) is 0 Å². The van der Waals surface area contributed by atoms with E-state index in [1.54, 1.807) is 0 Å². The molecular weight excluding hydrogens is 235 g/mol. The number of aromatic nitrogens is 1. The van der Waals surface area contributed by atoms with Gasteiger partial charge in [0.2, 0.25) is 5.95 Å². The van der Waals surface area contributed by atoms with E-state index in [1.807, 2.05) is 0 Å². The van der Waals surface area contributed by atoms with Gasteiger partial charge in [0, 0.05) is 11.6 Å². The largest absolute Gasteiger partial charge is 0.396 e. The molecule has 1 aromatic heterocycles. The fraction of sp³-hybridized carbons (Fsp3) is 0.167. The summed E-state index contributed by atoms with van der Waals surface area (Å²) < 4.78 is 58.8. The fourth-order valence-corrected chi connectivity index (χ4v) is 1.56. The van der Waals surface area contributed by atoms with Gasteiger partial charge in [0.25, 0.3) is 16.4 Å². The Morgan fingerprint density at radius 1 is 1.40 bits per heavy atom. The second-order valence-corrected chi connectivity index (χ2v) is 4.08. The van der Waals surface area contributed by atoms with Gasteiger partial charge in [0.15, 0.2) is 5.03 Å². The fourth-order valence-electron chi connectivity index (χ4n) is 0.916. The maximum absolute atomic E-state index is 12.7. The summed E-state index contributed by atoms with van der Waals surface area (Å²) in [7, 11) is -4.42. The predicted octanol–water partition coefficient (Wildman–Crippen LogP) is 0.388. The number of halogens is 3. The molecule has 0 saturated carbocycles. The minimum atomic E-state index is -4.42. The lowest BCUT2D eigenvalue weighted by Gasteiger charge is -2.07. The second kappa shape index (κ2) is 3.66. The van der Waals surface area contributed by atoms with E-state index in [0.29, 0.717) is 6.07 Å². The second-order valence-electron chi connectivity index (χ2n) is 2.60. The summed E-state index contributed by atoms with van der Waals surface area (Å²) in [6.45, 7) is 0. The third-order valence-corrected chi connectivity index (χ3v) is 2.38. The Morgan fingerprint density at radius 3 is 2.33 bits per heavy atom. The smallest absolute Gasteiger partial charge is 0.266 e. The van der Waals surface area contributed by atoms with Crippen molar-refractivity contribution >= 4 is 15.7 Å². The minimum Gasteiger partial charge on any atom is -0.396 e. The van der Waals surface area contributed by atoms with Crippen LogP contribution in [0.25, 0.3) is 0 Å². The first-order valence-corrected chi connectivity index (χ1v) is 5.05. The number of sulfonamides is 1. The molecule has 0 amide bonds. The number of nitrogen functional groups attached to an aromatic ring is 1. The molecule has 4 N–H and O–H groups in total. The lowest BCUT2D eigenvalue weighted by Crippen LogP contribution is -2.18. The molecule has 0 bridgehead atoms. The molecule has 1 rings (SSSR count). The molecule has 0 aliphatic rings. The van der Waals surface area contributed by atoms with E-state index in [2.05, 4.69) is 10.1 Å². The van der Waals surface area contributed by atoms with E-state index in [1.165, 1.54) is 0 Å². The number of nitrogens with two attached hydrogens (primary N) is 2. The summed E-state index contributed by atoms with van der Waals surface area (Å²) in [6.07, 6.45) is -3.11. The van der Waals surface area contributed by atoms with Crippen LogP contribution in [-0.4, -0.2) is 13.4 Å². The van der Waals surface area contributed by atoms with Gasteiger partial charge in [-0.2, -0.15) is 4.39 Å². The highest BCUT2D eigenvalue weighted by molar-refractivity contribution is 7.89. The number of rotatable bonds is 2. The zero-order valence-electron chi connectivity index (χ0n) is 7.12. The number of anilines is 1. The molecule has 0 aliphatic carbocycles. The number of alkyl halides is 2. The molecule has 15 heavy (non-hydrogen) atoms. The Labute approximate surface area is 83.0 Å². The van der Waals surface area contributed by atoms with Crippen LogP contribution in [0.4, 0.5) is 18.9 Å². The molecule has 0 spiro atoms. The van der Waals surface area contributed by atoms with E-state index >= 15 is 0 Å². The van der Waals surface area contributed by atoms with E-state index in [4.69, 9.17) is 5.73 Å². The predicted molar refractivity (Wildman–Crippen MR) is 44.9 cm³/mol. The lowest BCUT2D eigenvalue weighted by atomic mass is 10.2. The minimum absolute atomic E-state index is 0.356. The topological polar surface area (TPSA) is 99.1 Å². The van der Waals surface area contributed by atoms with Crippen LogP contribution in [0.3, 0.4) is 0 Å². The summed E-state index contributed by atoms with van der Waals surface area (Å²) in [5.74, 6) is -1.39. The van der Waals surface area contributed by atoms with Crippen molar-refractivity contribution in [3.63, 3.8) is 0 Å². The van der Waals surface area contributed by atoms with Gasteiger partial charge in [-0.1, -0.05) is 0 Å². The van der Waals surface area contributed by atoms with Gasteiger partial charge < -0.3 is 5.73 Å². The highest BCUT2D eigenvalue weighted by Gasteiger charge is 2.23. The summed E-state index contributed by atoms with van der Waals surface area (Å²) in [5.41, 5.74) is 3.28. The number of hydrogen-bond acceptors (Lipinski definition) is 4. The molecule has 0 aromatic carbocycles. The Balaban J connectivity index is 3.56. The zero-order chi connectivity index (χ0) is 11.8. The number of primary sulfonamides is 1. The van der Waals surface area contributed by atoms with Crippen molar-refractivity contribution in [1.82, 2.24) is 4.98 Å². The number of nitrogens with zero attached hydrogens (tertiary/aromatic N) is 1. The first-order chi connectivity index (χ1) is 6.73. The molecule has 0 aliphatic heterocycles. The van der Waals surface area contributed by atoms with E-state index in [-0.39, 0.29) is 0 Å². The van der Waals surface area contributed by atoms with Crippen molar-refractivity contribution < 1.29 is 21.6 Å². The molecule has 9 heteroatoms. The molecule has 84 valence electrons. The lowest BCUT2D eigenvalue weighted by molar-refractivity contribution is 0.151. The highest BCUT2D eigenvalue weighted by Crippen LogP contribution is 2.28. The van der Waals surface area contributed by atoms with Gasteiger partial charge in [-0.15, -0.1) is 0 Å². The molecule has 0 fully saturated rings. The quantitative estimate of drug-likeness (QED) is 0.731. The van der Waals surface area contributed by atoms with Crippen LogP contribution >= 0.6 is 0 Å². The maximum Gasteiger partial charge on any atom is 0.266 e. The molecule has 5 nitrogen and oxygen atoms in total. The van der Waals surface area contributed by atoms with Crippen LogP contribution in [-0.2, 0) is 10.0 Å². The van der Waals surface area contributed by atoms with E-state index < -0.39 is 38.7 Å². The molecule has 0 saturated heterocycles. The van der Waals surface area contributed by atoms with Gasteiger partial charge in [-0.25, -0.2) is 27.3 Å². The zero-order valence-corrected chi connectivity index (χ0v) is 7.93. The normalized spacial score (nSPS) is 12.1. The monoisotopic (exact) mass is 241 g/mol. The summed E-state index contributed by atoms with van der Waals surface area (Å²) in [4.78, 5) is 2.85. The summed E-state index contributed by atoms with van der Waals surface area (Å²) in [5, 5.41) is 3.53.